The SMILES string of the molecule is CCOC(=O)CC1C[C@@H]2CC[C@](C#N)(C1)N2C. The second-order valence-corrected chi connectivity index (χ2v) is 5.26. The largest absolute Gasteiger partial charge is 0.466 e. The van der Waals surface area contributed by atoms with E-state index in [2.05, 4.69) is 11.0 Å². The fraction of sp³-hybridized carbons (Fsp3) is 0.846. The molecule has 3 atom stereocenters. The summed E-state index contributed by atoms with van der Waals surface area (Å²) >= 11 is 0. The highest BCUT2D eigenvalue weighted by molar-refractivity contribution is 5.69. The van der Waals surface area contributed by atoms with E-state index in [0.717, 1.165) is 25.7 Å². The van der Waals surface area contributed by atoms with Gasteiger partial charge in [0.05, 0.1) is 12.7 Å². The van der Waals surface area contributed by atoms with Gasteiger partial charge in [-0.2, -0.15) is 5.26 Å². The highest BCUT2D eigenvalue weighted by Crippen LogP contribution is 2.45. The quantitative estimate of drug-likeness (QED) is 0.700. The molecule has 0 aromatic heterocycles. The molecule has 4 heteroatoms. The van der Waals surface area contributed by atoms with Gasteiger partial charge < -0.3 is 4.74 Å². The normalized spacial score (nSPS) is 36.5. The molecule has 2 aliphatic rings. The molecule has 1 unspecified atom stereocenters. The molecule has 2 saturated heterocycles. The first-order valence-corrected chi connectivity index (χ1v) is 6.41. The Morgan fingerprint density at radius 1 is 1.65 bits per heavy atom. The van der Waals surface area contributed by atoms with Crippen LogP contribution in [0.4, 0.5) is 0 Å². The summed E-state index contributed by atoms with van der Waals surface area (Å²) in [5.41, 5.74) is -0.319. The van der Waals surface area contributed by atoms with Crippen molar-refractivity contribution in [3.63, 3.8) is 0 Å². The van der Waals surface area contributed by atoms with Crippen LogP contribution in [0.15, 0.2) is 0 Å². The third-order valence-electron chi connectivity index (χ3n) is 4.31. The summed E-state index contributed by atoms with van der Waals surface area (Å²) in [6, 6.07) is 2.94. The smallest absolute Gasteiger partial charge is 0.306 e. The molecule has 0 aromatic carbocycles. The van der Waals surface area contributed by atoms with E-state index in [0.29, 0.717) is 25.0 Å². The first kappa shape index (κ1) is 12.4. The molecule has 2 heterocycles. The van der Waals surface area contributed by atoms with Gasteiger partial charge in [-0.25, -0.2) is 0 Å². The van der Waals surface area contributed by atoms with Crippen molar-refractivity contribution in [3.05, 3.63) is 0 Å². The number of nitriles is 1. The van der Waals surface area contributed by atoms with Crippen molar-refractivity contribution in [2.75, 3.05) is 13.7 Å². The summed E-state index contributed by atoms with van der Waals surface area (Å²) in [6.07, 6.45) is 4.35. The first-order valence-electron chi connectivity index (χ1n) is 6.41. The fourth-order valence-corrected chi connectivity index (χ4v) is 3.38. The van der Waals surface area contributed by atoms with Crippen molar-refractivity contribution in [1.29, 1.82) is 5.26 Å². The Balaban J connectivity index is 2.01. The van der Waals surface area contributed by atoms with E-state index in [1.165, 1.54) is 0 Å². The highest BCUT2D eigenvalue weighted by Gasteiger charge is 2.50. The third kappa shape index (κ3) is 2.16. The molecule has 0 aromatic rings. The summed E-state index contributed by atoms with van der Waals surface area (Å²) in [6.45, 7) is 2.27. The second kappa shape index (κ2) is 4.66. The average Bonchev–Trinajstić information content (AvgIpc) is 2.50. The number of piperidine rings is 1. The number of hydrogen-bond donors (Lipinski definition) is 0. The molecule has 2 fully saturated rings. The fourth-order valence-electron chi connectivity index (χ4n) is 3.38. The lowest BCUT2D eigenvalue weighted by atomic mass is 9.81. The average molecular weight is 236 g/mol. The predicted molar refractivity (Wildman–Crippen MR) is 63.1 cm³/mol. The van der Waals surface area contributed by atoms with Crippen LogP contribution in [-0.4, -0.2) is 36.1 Å². The van der Waals surface area contributed by atoms with Gasteiger partial charge in [0.25, 0.3) is 0 Å². The maximum atomic E-state index is 11.5. The zero-order chi connectivity index (χ0) is 12.5. The van der Waals surface area contributed by atoms with Crippen LogP contribution >= 0.6 is 0 Å². The van der Waals surface area contributed by atoms with E-state index in [-0.39, 0.29) is 11.5 Å². The van der Waals surface area contributed by atoms with Crippen LogP contribution in [0.1, 0.15) is 39.0 Å². The molecule has 0 aliphatic carbocycles. The molecule has 0 saturated carbocycles. The van der Waals surface area contributed by atoms with Gasteiger partial charge >= 0.3 is 5.97 Å². The van der Waals surface area contributed by atoms with Crippen molar-refractivity contribution >= 4 is 5.97 Å². The van der Waals surface area contributed by atoms with Crippen molar-refractivity contribution in [1.82, 2.24) is 4.90 Å². The molecule has 0 radical (unpaired) electrons. The number of ether oxygens (including phenoxy) is 1. The van der Waals surface area contributed by atoms with Gasteiger partial charge in [0, 0.05) is 12.5 Å². The maximum Gasteiger partial charge on any atom is 0.306 e. The van der Waals surface area contributed by atoms with E-state index in [1.807, 2.05) is 14.0 Å². The Labute approximate surface area is 103 Å². The van der Waals surface area contributed by atoms with Crippen LogP contribution in [0, 0.1) is 17.2 Å². The third-order valence-corrected chi connectivity index (χ3v) is 4.31. The maximum absolute atomic E-state index is 11.5. The standard InChI is InChI=1S/C13H20N2O2/c1-3-17-12(16)7-10-6-11-4-5-13(8-10,9-14)15(11)2/h10-11H,3-8H2,1-2H3/t10?,11-,13+/m0/s1. The lowest BCUT2D eigenvalue weighted by molar-refractivity contribution is -0.144. The van der Waals surface area contributed by atoms with Crippen molar-refractivity contribution in [2.45, 2.75) is 50.6 Å². The number of carbonyl (C=O) groups excluding carboxylic acids is 1. The van der Waals surface area contributed by atoms with Gasteiger partial charge in [0.2, 0.25) is 0 Å². The number of fused-ring (bicyclic) bond motifs is 2. The minimum atomic E-state index is -0.319. The van der Waals surface area contributed by atoms with Gasteiger partial charge in [0.15, 0.2) is 0 Å². The second-order valence-electron chi connectivity index (χ2n) is 5.26. The summed E-state index contributed by atoms with van der Waals surface area (Å²) in [5, 5.41) is 9.39. The van der Waals surface area contributed by atoms with Gasteiger partial charge in [-0.05, 0) is 45.6 Å². The number of rotatable bonds is 3. The molecule has 0 N–H and O–H groups in total. The molecular weight excluding hydrogens is 216 g/mol. The van der Waals surface area contributed by atoms with Crippen molar-refractivity contribution < 1.29 is 9.53 Å². The Morgan fingerprint density at radius 3 is 3.06 bits per heavy atom. The molecule has 4 nitrogen and oxygen atoms in total. The lowest BCUT2D eigenvalue weighted by Gasteiger charge is -2.41. The Morgan fingerprint density at radius 2 is 2.41 bits per heavy atom. The molecule has 2 rings (SSSR count). The number of esters is 1. The van der Waals surface area contributed by atoms with Gasteiger partial charge in [-0.3, -0.25) is 9.69 Å². The number of hydrogen-bond acceptors (Lipinski definition) is 4. The highest BCUT2D eigenvalue weighted by atomic mass is 16.5. The predicted octanol–water partition coefficient (Wildman–Crippen LogP) is 1.71. The lowest BCUT2D eigenvalue weighted by Crippen LogP contribution is -2.49. The van der Waals surface area contributed by atoms with Crippen molar-refractivity contribution in [2.24, 2.45) is 5.92 Å². The minimum absolute atomic E-state index is 0.116. The topological polar surface area (TPSA) is 53.3 Å². The summed E-state index contributed by atoms with van der Waals surface area (Å²) < 4.78 is 4.99. The summed E-state index contributed by atoms with van der Waals surface area (Å²) in [7, 11) is 2.04. The molecule has 2 aliphatic heterocycles. The molecule has 94 valence electrons. The number of carbonyl (C=O) groups is 1. The van der Waals surface area contributed by atoms with E-state index >= 15 is 0 Å². The molecule has 2 bridgehead atoms. The summed E-state index contributed by atoms with van der Waals surface area (Å²) in [5.74, 6) is 0.201. The van der Waals surface area contributed by atoms with Crippen LogP contribution in [0.5, 0.6) is 0 Å². The van der Waals surface area contributed by atoms with E-state index in [9.17, 15) is 10.1 Å². The van der Waals surface area contributed by atoms with Crippen molar-refractivity contribution in [3.8, 4) is 6.07 Å². The molecule has 0 spiro atoms. The van der Waals surface area contributed by atoms with E-state index < -0.39 is 0 Å². The zero-order valence-corrected chi connectivity index (χ0v) is 10.6. The Hall–Kier alpha value is -1.08. The van der Waals surface area contributed by atoms with Gasteiger partial charge in [0.1, 0.15) is 5.54 Å². The monoisotopic (exact) mass is 236 g/mol. The zero-order valence-electron chi connectivity index (χ0n) is 10.6. The molecular formula is C13H20N2O2. The Kier molecular flexibility index (Phi) is 3.39. The van der Waals surface area contributed by atoms with E-state index in [4.69, 9.17) is 4.74 Å². The van der Waals surface area contributed by atoms with Crippen LogP contribution in [0.25, 0.3) is 0 Å². The molecule has 0 amide bonds. The van der Waals surface area contributed by atoms with Crippen LogP contribution in [0.2, 0.25) is 0 Å². The van der Waals surface area contributed by atoms with Crippen LogP contribution < -0.4 is 0 Å². The van der Waals surface area contributed by atoms with Gasteiger partial charge in [-0.1, -0.05) is 0 Å². The summed E-state index contributed by atoms with van der Waals surface area (Å²) in [4.78, 5) is 13.7. The number of nitrogens with zero attached hydrogens (tertiary/aromatic N) is 2. The first-order chi connectivity index (χ1) is 8.11. The Bertz CT molecular complexity index is 350. The van der Waals surface area contributed by atoms with Crippen LogP contribution in [0.3, 0.4) is 0 Å². The van der Waals surface area contributed by atoms with E-state index in [1.54, 1.807) is 0 Å². The van der Waals surface area contributed by atoms with Crippen LogP contribution in [-0.2, 0) is 9.53 Å². The van der Waals surface area contributed by atoms with Gasteiger partial charge in [-0.15, -0.1) is 0 Å². The molecule has 17 heavy (non-hydrogen) atoms. The minimum Gasteiger partial charge on any atom is -0.466 e.